The number of anilines is 4. The van der Waals surface area contributed by atoms with Gasteiger partial charge < -0.3 is 80.2 Å². The Morgan fingerprint density at radius 2 is 0.989 bits per heavy atom. The van der Waals surface area contributed by atoms with Crippen LogP contribution in [0, 0.1) is 18.8 Å². The zero-order chi connectivity index (χ0) is 65.5. The Morgan fingerprint density at radius 1 is 0.533 bits per heavy atom. The van der Waals surface area contributed by atoms with Gasteiger partial charge in [-0.05, 0) is 56.4 Å². The van der Waals surface area contributed by atoms with Gasteiger partial charge in [-0.25, -0.2) is 15.0 Å². The first kappa shape index (κ1) is 76.4. The summed E-state index contributed by atoms with van der Waals surface area (Å²) in [4.78, 5) is 124. The van der Waals surface area contributed by atoms with Crippen LogP contribution in [0.2, 0.25) is 0 Å². The molecule has 33 heteroatoms. The number of quaternary nitrogens is 1. The van der Waals surface area contributed by atoms with Crippen molar-refractivity contribution in [2.24, 2.45) is 54.1 Å². The number of carbonyl (C=O) groups excluding carboxylic acids is 9. The van der Waals surface area contributed by atoms with E-state index in [4.69, 9.17) is 0 Å². The molecule has 10 N–H and O–H groups in total. The average molecular weight is 1660 g/mol. The fraction of sp³-hybridized carbons (Fsp3) is 0.474. The molecule has 2 aliphatic rings. The molecule has 9 amide bonds. The summed E-state index contributed by atoms with van der Waals surface area (Å²) in [6, 6.07) is 4.99. The fourth-order valence-electron chi connectivity index (χ4n) is 9.75. The number of amides is 9. The third-order valence-electron chi connectivity index (χ3n) is 14.2. The number of hydrogen-bond donors (Lipinski definition) is 10. The van der Waals surface area contributed by atoms with Crippen molar-refractivity contribution in [3.63, 3.8) is 0 Å². The van der Waals surface area contributed by atoms with Crippen LogP contribution in [-0.2, 0) is 78.7 Å². The SMILES string of the molecule is CNC(=O)c1nc(NC(=O)c2cc(NC(=O)CCNC(=O)C3CCCC3)cn2C)cn1C.Cc1cc(C(=O)NCCC[NH+](C)C)n(C)c1.Cn1cc(NC(=O)c2nccn2C)cc1C(=O)Nc1cn(C)c(C(=O)NCCNC(=O)C2CCCC2)n1.[Fe].[I][V]([I])[I]. The molecule has 492 valence electrons. The first-order valence-corrected chi connectivity index (χ1v) is 42.4. The predicted molar refractivity (Wildman–Crippen MR) is 360 cm³/mol. The van der Waals surface area contributed by atoms with E-state index in [0.29, 0.717) is 23.6 Å². The minimum absolute atomic E-state index is 0. The Hall–Kier alpha value is -6.05. The van der Waals surface area contributed by atoms with E-state index in [0.717, 1.165) is 82.1 Å². The molecular weight excluding hydrogens is 1580 g/mol. The van der Waals surface area contributed by atoms with Crippen LogP contribution in [0.3, 0.4) is 0 Å². The molecule has 2 fully saturated rings. The monoisotopic (exact) mass is 1660 g/mol. The number of aromatic nitrogens is 9. The van der Waals surface area contributed by atoms with Gasteiger partial charge in [-0.3, -0.25) is 43.2 Å². The normalized spacial score (nSPS) is 12.7. The Kier molecular flexibility index (Phi) is 32.3. The van der Waals surface area contributed by atoms with Crippen molar-refractivity contribution in [3.05, 3.63) is 102 Å². The van der Waals surface area contributed by atoms with Gasteiger partial charge in [0.25, 0.3) is 35.4 Å². The molecule has 8 rings (SSSR count). The summed E-state index contributed by atoms with van der Waals surface area (Å²) >= 11 is 7.39. The molecule has 0 radical (unpaired) electrons. The van der Waals surface area contributed by atoms with Crippen molar-refractivity contribution in [3.8, 4) is 0 Å². The van der Waals surface area contributed by atoms with Crippen LogP contribution in [0.1, 0.15) is 133 Å². The van der Waals surface area contributed by atoms with Crippen molar-refractivity contribution < 1.29 is 70.0 Å². The van der Waals surface area contributed by atoms with E-state index in [1.54, 1.807) is 73.6 Å². The van der Waals surface area contributed by atoms with Gasteiger partial charge in [0, 0.05) is 161 Å². The van der Waals surface area contributed by atoms with E-state index in [1.165, 1.54) is 45.7 Å². The number of aryl methyl sites for hydroxylation is 7. The zero-order valence-corrected chi connectivity index (χ0v) is 61.1. The maximum absolute atomic E-state index is 12.8. The van der Waals surface area contributed by atoms with E-state index in [1.807, 2.05) is 30.8 Å². The maximum atomic E-state index is 12.8. The summed E-state index contributed by atoms with van der Waals surface area (Å²) in [5, 5.41) is 24.6. The van der Waals surface area contributed by atoms with Crippen LogP contribution in [-0.4, -0.2) is 149 Å². The molecule has 0 aliphatic heterocycles. The Labute approximate surface area is 572 Å². The summed E-state index contributed by atoms with van der Waals surface area (Å²) in [6.45, 7) is 4.69. The van der Waals surface area contributed by atoms with Gasteiger partial charge in [-0.15, -0.1) is 0 Å². The molecule has 6 aromatic heterocycles. The molecule has 2 saturated carbocycles. The van der Waals surface area contributed by atoms with Gasteiger partial charge >= 0.3 is 64.9 Å². The zero-order valence-electron chi connectivity index (χ0n) is 52.2. The second-order valence-electron chi connectivity index (χ2n) is 21.7. The van der Waals surface area contributed by atoms with Gasteiger partial charge in [-0.2, -0.15) is 0 Å². The Morgan fingerprint density at radius 3 is 1.46 bits per heavy atom. The second-order valence-corrected chi connectivity index (χ2v) is 57.1. The number of rotatable bonds is 22. The van der Waals surface area contributed by atoms with Crippen LogP contribution >= 0.6 is 59.9 Å². The molecule has 6 aromatic rings. The number of imidazole rings is 3. The fourth-order valence-corrected chi connectivity index (χ4v) is 9.75. The van der Waals surface area contributed by atoms with Crippen molar-refractivity contribution in [1.82, 2.24) is 68.9 Å². The summed E-state index contributed by atoms with van der Waals surface area (Å²) < 4.78 is 9.62. The number of halogens is 3. The molecule has 0 atom stereocenters. The summed E-state index contributed by atoms with van der Waals surface area (Å²) in [5.74, 6) is -1.15. The molecule has 0 spiro atoms. The van der Waals surface area contributed by atoms with Gasteiger partial charge in [0.15, 0.2) is 17.5 Å². The number of nitrogens with zero attached hydrogens (tertiary/aromatic N) is 9. The van der Waals surface area contributed by atoms with Crippen LogP contribution in [0.15, 0.2) is 61.6 Å². The quantitative estimate of drug-likeness (QED) is 0.0259. The third-order valence-corrected chi connectivity index (χ3v) is 14.2. The van der Waals surface area contributed by atoms with Crippen LogP contribution in [0.5, 0.6) is 0 Å². The van der Waals surface area contributed by atoms with Crippen molar-refractivity contribution >= 4 is 136 Å². The summed E-state index contributed by atoms with van der Waals surface area (Å²) in [6.07, 6.45) is 20.6. The van der Waals surface area contributed by atoms with E-state index < -0.39 is 23.6 Å². The standard InChI is InChI=1S/C24H31N9O4.C21H29N7O4.C12H21N3O.Fe.3HI.V/c1-31-11-10-25-19(31)24(37)28-16-12-17(32(2)13-16)22(35)30-18-14-33(3)20(29-18)23(36)27-9-8-26-21(34)15-6-4-5-7-15;1-22-21(32)18-25-16(12-28(18)3)26-20(31)15-10-14(11-27(15)2)24-17(29)8-9-23-19(30)13-6-4-5-7-13;1-10-8-11(15(4)9-10)12(16)13-6-5-7-14(2)3;;;;;/h10-15H,4-9H2,1-3H3,(H,26,34)(H,27,36)(H,28,37)(H,30,35);10-13H,4-9H2,1-3H3,(H,22,32)(H,23,30)(H,24,29)(H,26,31);8-9H,5-7H2,1-4H3,(H,13,16);;3*1H;/q;;;;;;;+3/p-2. The van der Waals surface area contributed by atoms with Gasteiger partial charge in [0.1, 0.15) is 17.1 Å². The molecular formula is C57H82FeI3N19O9V+. The first-order valence-electron chi connectivity index (χ1n) is 28.9. The van der Waals surface area contributed by atoms with E-state index >= 15 is 0 Å². The molecule has 0 unspecified atom stereocenters. The molecule has 6 heterocycles. The number of nitrogens with one attached hydrogen (secondary N) is 10. The van der Waals surface area contributed by atoms with Crippen molar-refractivity contribution in [2.45, 2.75) is 71.1 Å². The van der Waals surface area contributed by atoms with Gasteiger partial charge in [0.05, 0.1) is 32.0 Å². The minimum atomic E-state index is -0.459. The van der Waals surface area contributed by atoms with Crippen molar-refractivity contribution in [2.75, 3.05) is 75.1 Å². The molecule has 0 saturated heterocycles. The van der Waals surface area contributed by atoms with Crippen LogP contribution < -0.4 is 52.8 Å². The predicted octanol–water partition coefficient (Wildman–Crippen LogP) is 4.29. The second kappa shape index (κ2) is 38.1. The first-order chi connectivity index (χ1) is 42.2. The molecule has 0 aromatic carbocycles. The Balaban J connectivity index is 0.000000296. The number of hydrogen-bond acceptors (Lipinski definition) is 12. The third kappa shape index (κ3) is 24.5. The summed E-state index contributed by atoms with van der Waals surface area (Å²) in [7, 11) is 16.0. The average Bonchev–Trinajstić information content (AvgIpc) is 3.62. The van der Waals surface area contributed by atoms with Crippen molar-refractivity contribution in [1.29, 1.82) is 0 Å². The van der Waals surface area contributed by atoms with Crippen LogP contribution in [0.25, 0.3) is 0 Å². The Bertz CT molecular complexity index is 3410. The van der Waals surface area contributed by atoms with Gasteiger partial charge in [0.2, 0.25) is 29.4 Å². The molecule has 90 heavy (non-hydrogen) atoms. The molecule has 2 aliphatic carbocycles. The van der Waals surface area contributed by atoms with E-state index in [2.05, 4.69) is 137 Å². The van der Waals surface area contributed by atoms with E-state index in [-0.39, 0.29) is 118 Å². The van der Waals surface area contributed by atoms with E-state index in [9.17, 15) is 43.2 Å². The molecule has 28 nitrogen and oxygen atoms in total. The molecule has 0 bridgehead atoms. The topological polar surface area (TPSA) is 335 Å². The number of carbonyl (C=O) groups is 9. The van der Waals surface area contributed by atoms with Gasteiger partial charge in [-0.1, -0.05) is 25.7 Å². The summed E-state index contributed by atoms with van der Waals surface area (Å²) in [5.41, 5.74) is 3.34. The van der Waals surface area contributed by atoms with Crippen LogP contribution in [0.4, 0.5) is 23.0 Å².